The van der Waals surface area contributed by atoms with E-state index in [1.54, 1.807) is 12.1 Å². The Morgan fingerprint density at radius 1 is 1.41 bits per heavy atom. The molecule has 0 radical (unpaired) electrons. The Balaban J connectivity index is 2.38. The highest BCUT2D eigenvalue weighted by atomic mass is 19.1. The first-order chi connectivity index (χ1) is 8.27. The fourth-order valence-electron chi connectivity index (χ4n) is 1.97. The van der Waals surface area contributed by atoms with Gasteiger partial charge in [0.15, 0.2) is 11.6 Å². The minimum Gasteiger partial charge on any atom is -0.505 e. The van der Waals surface area contributed by atoms with Gasteiger partial charge in [-0.3, -0.25) is 0 Å². The summed E-state index contributed by atoms with van der Waals surface area (Å²) in [7, 11) is 1.38. The molecule has 1 saturated heterocycles. The molecular weight excluding hydrogens is 221 g/mol. The minimum absolute atomic E-state index is 0.0380. The maximum absolute atomic E-state index is 14.2. The fourth-order valence-corrected chi connectivity index (χ4v) is 1.97. The van der Waals surface area contributed by atoms with Gasteiger partial charge in [-0.2, -0.15) is 0 Å². The Morgan fingerprint density at radius 2 is 2.12 bits per heavy atom. The summed E-state index contributed by atoms with van der Waals surface area (Å²) in [6, 6.07) is 3.25. The van der Waals surface area contributed by atoms with Crippen molar-refractivity contribution in [1.29, 1.82) is 0 Å². The van der Waals surface area contributed by atoms with Gasteiger partial charge in [-0.1, -0.05) is 6.07 Å². The third-order valence-electron chi connectivity index (χ3n) is 2.84. The summed E-state index contributed by atoms with van der Waals surface area (Å²) < 4.78 is 19.1. The maximum Gasteiger partial charge on any atom is 0.231 e. The molecule has 0 unspecified atom stereocenters. The van der Waals surface area contributed by atoms with Gasteiger partial charge in [0.05, 0.1) is 19.4 Å². The molecule has 1 aromatic rings. The van der Waals surface area contributed by atoms with Crippen LogP contribution in [-0.2, 0) is 0 Å². The summed E-state index contributed by atoms with van der Waals surface area (Å²) in [4.78, 5) is 5.20. The zero-order valence-electron chi connectivity index (χ0n) is 9.66. The van der Waals surface area contributed by atoms with Gasteiger partial charge in [-0.15, -0.1) is 0 Å². The molecular formula is C12H14FN3O. The van der Waals surface area contributed by atoms with Crippen LogP contribution in [0.3, 0.4) is 0 Å². The number of anilines is 1. The third kappa shape index (κ3) is 2.17. The average molecular weight is 235 g/mol. The van der Waals surface area contributed by atoms with Crippen molar-refractivity contribution in [2.24, 2.45) is 0 Å². The molecule has 0 aromatic heterocycles. The van der Waals surface area contributed by atoms with Gasteiger partial charge in [-0.05, 0) is 6.07 Å². The molecule has 0 bridgehead atoms. The highest BCUT2D eigenvalue weighted by molar-refractivity contribution is 5.66. The monoisotopic (exact) mass is 235 g/mol. The molecule has 0 aliphatic carbocycles. The van der Waals surface area contributed by atoms with E-state index in [9.17, 15) is 4.39 Å². The van der Waals surface area contributed by atoms with Crippen LogP contribution in [0.25, 0.3) is 4.85 Å². The highest BCUT2D eigenvalue weighted by Crippen LogP contribution is 2.36. The Bertz CT molecular complexity index is 450. The minimum atomic E-state index is -0.442. The van der Waals surface area contributed by atoms with Crippen LogP contribution in [0.5, 0.6) is 5.75 Å². The SMILES string of the molecule is [C-]#[N+]c1ccc(N2CCNCC2)c(F)c1OC. The molecule has 1 aliphatic heterocycles. The van der Waals surface area contributed by atoms with Crippen LogP contribution in [0, 0.1) is 12.4 Å². The number of nitrogens with one attached hydrogen (secondary N) is 1. The third-order valence-corrected chi connectivity index (χ3v) is 2.84. The quantitative estimate of drug-likeness (QED) is 0.792. The molecule has 1 heterocycles. The molecule has 4 nitrogen and oxygen atoms in total. The van der Waals surface area contributed by atoms with Crippen molar-refractivity contribution in [1.82, 2.24) is 5.32 Å². The second-order valence-electron chi connectivity index (χ2n) is 3.80. The molecule has 1 aliphatic rings. The molecule has 0 amide bonds. The number of hydrogen-bond acceptors (Lipinski definition) is 3. The van der Waals surface area contributed by atoms with Gasteiger partial charge < -0.3 is 15.0 Å². The first-order valence-electron chi connectivity index (χ1n) is 5.47. The predicted molar refractivity (Wildman–Crippen MR) is 64.3 cm³/mol. The van der Waals surface area contributed by atoms with E-state index in [0.29, 0.717) is 5.69 Å². The standard InChI is InChI=1S/C12H14FN3O/c1-14-9-3-4-10(11(13)12(9)17-2)16-7-5-15-6-8-16/h3-4,15H,5-8H2,2H3. The number of halogens is 1. The lowest BCUT2D eigenvalue weighted by Gasteiger charge is -2.30. The number of benzene rings is 1. The number of rotatable bonds is 2. The van der Waals surface area contributed by atoms with Crippen LogP contribution >= 0.6 is 0 Å². The summed E-state index contributed by atoms with van der Waals surface area (Å²) in [5.41, 5.74) is 0.722. The molecule has 1 fully saturated rings. The van der Waals surface area contributed by atoms with E-state index in [-0.39, 0.29) is 11.4 Å². The van der Waals surface area contributed by atoms with Gasteiger partial charge in [0.2, 0.25) is 5.69 Å². The number of ether oxygens (including phenoxy) is 1. The van der Waals surface area contributed by atoms with E-state index in [1.807, 2.05) is 4.90 Å². The second kappa shape index (κ2) is 5.02. The Morgan fingerprint density at radius 3 is 2.71 bits per heavy atom. The Kier molecular flexibility index (Phi) is 3.45. The second-order valence-corrected chi connectivity index (χ2v) is 3.80. The normalized spacial score (nSPS) is 15.5. The molecule has 2 rings (SSSR count). The number of hydrogen-bond donors (Lipinski definition) is 1. The lowest BCUT2D eigenvalue weighted by atomic mass is 10.2. The van der Waals surface area contributed by atoms with Crippen molar-refractivity contribution >= 4 is 11.4 Å². The molecule has 0 spiro atoms. The van der Waals surface area contributed by atoms with Gasteiger partial charge in [0.25, 0.3) is 0 Å². The summed E-state index contributed by atoms with van der Waals surface area (Å²) in [5, 5.41) is 3.21. The van der Waals surface area contributed by atoms with Crippen LogP contribution in [0.15, 0.2) is 12.1 Å². The van der Waals surface area contributed by atoms with Crippen molar-refractivity contribution in [3.05, 3.63) is 29.4 Å². The average Bonchev–Trinajstić information content (AvgIpc) is 2.39. The van der Waals surface area contributed by atoms with Crippen molar-refractivity contribution in [2.45, 2.75) is 0 Å². The van der Waals surface area contributed by atoms with E-state index >= 15 is 0 Å². The van der Waals surface area contributed by atoms with E-state index in [4.69, 9.17) is 11.3 Å². The van der Waals surface area contributed by atoms with E-state index in [2.05, 4.69) is 10.2 Å². The zero-order valence-corrected chi connectivity index (χ0v) is 9.66. The van der Waals surface area contributed by atoms with Crippen molar-refractivity contribution < 1.29 is 9.13 Å². The van der Waals surface area contributed by atoms with Gasteiger partial charge in [-0.25, -0.2) is 9.24 Å². The van der Waals surface area contributed by atoms with Crippen LogP contribution in [0.4, 0.5) is 15.8 Å². The topological polar surface area (TPSA) is 28.9 Å². The molecule has 17 heavy (non-hydrogen) atoms. The van der Waals surface area contributed by atoms with E-state index in [0.717, 1.165) is 26.2 Å². The Hall–Kier alpha value is -1.80. The number of piperazine rings is 1. The summed E-state index contributed by atoms with van der Waals surface area (Å²) in [6.45, 7) is 10.2. The zero-order chi connectivity index (χ0) is 12.3. The first kappa shape index (κ1) is 11.7. The predicted octanol–water partition coefficient (Wildman–Crippen LogP) is 1.79. The first-order valence-corrected chi connectivity index (χ1v) is 5.47. The van der Waals surface area contributed by atoms with Crippen LogP contribution < -0.4 is 15.0 Å². The fraction of sp³-hybridized carbons (Fsp3) is 0.417. The van der Waals surface area contributed by atoms with E-state index in [1.165, 1.54) is 7.11 Å². The van der Waals surface area contributed by atoms with Crippen molar-refractivity contribution in [3.63, 3.8) is 0 Å². The van der Waals surface area contributed by atoms with Gasteiger partial charge in [0, 0.05) is 26.2 Å². The van der Waals surface area contributed by atoms with Crippen LogP contribution in [0.2, 0.25) is 0 Å². The Labute approximate surface area is 99.8 Å². The number of nitrogens with zero attached hydrogens (tertiary/aromatic N) is 2. The van der Waals surface area contributed by atoms with Crippen molar-refractivity contribution in [3.8, 4) is 5.75 Å². The molecule has 0 saturated carbocycles. The summed E-state index contributed by atoms with van der Waals surface area (Å²) >= 11 is 0. The van der Waals surface area contributed by atoms with Crippen molar-refractivity contribution in [2.75, 3.05) is 38.2 Å². The lowest BCUT2D eigenvalue weighted by molar-refractivity contribution is 0.388. The van der Waals surface area contributed by atoms with E-state index < -0.39 is 5.82 Å². The maximum atomic E-state index is 14.2. The van der Waals surface area contributed by atoms with Gasteiger partial charge >= 0.3 is 0 Å². The lowest BCUT2D eigenvalue weighted by Crippen LogP contribution is -2.43. The smallest absolute Gasteiger partial charge is 0.231 e. The highest BCUT2D eigenvalue weighted by Gasteiger charge is 2.19. The largest absolute Gasteiger partial charge is 0.505 e. The molecule has 1 aromatic carbocycles. The summed E-state index contributed by atoms with van der Waals surface area (Å²) in [6.07, 6.45) is 0. The van der Waals surface area contributed by atoms with Gasteiger partial charge in [0.1, 0.15) is 0 Å². The van der Waals surface area contributed by atoms with Crippen LogP contribution in [-0.4, -0.2) is 33.3 Å². The molecule has 90 valence electrons. The molecule has 1 N–H and O–H groups in total. The van der Waals surface area contributed by atoms with Crippen LogP contribution in [0.1, 0.15) is 0 Å². The number of methoxy groups -OCH3 is 1. The summed E-state index contributed by atoms with van der Waals surface area (Å²) in [5.74, 6) is -0.404. The molecule has 5 heteroatoms. The molecule has 0 atom stereocenters.